The van der Waals surface area contributed by atoms with Crippen LogP contribution in [0.15, 0.2) is 59.1 Å². The van der Waals surface area contributed by atoms with Crippen molar-refractivity contribution in [3.63, 3.8) is 0 Å². The average molecular weight is 837 g/mol. The molecule has 1 spiro atoms. The Morgan fingerprint density at radius 2 is 1.91 bits per heavy atom. The van der Waals surface area contributed by atoms with E-state index in [1.807, 2.05) is 18.2 Å². The van der Waals surface area contributed by atoms with E-state index in [1.165, 1.54) is 34.0 Å². The third-order valence-electron chi connectivity index (χ3n) is 12.1. The zero-order valence-corrected chi connectivity index (χ0v) is 35.5. The van der Waals surface area contributed by atoms with Crippen molar-refractivity contribution in [3.8, 4) is 11.6 Å². The Morgan fingerprint density at radius 3 is 2.64 bits per heavy atom. The van der Waals surface area contributed by atoms with Crippen LogP contribution >= 0.6 is 11.6 Å². The molecule has 2 aliphatic heterocycles. The standard InChI is InChI=1S/C42H53ClN6O8S/c1-26-23-58(53,46-40(52)32-21-48(4)44-41(32)55-6)45-39(51)28-10-14-37-34(19-28)49(24-42(25-57-37)17-7-8-27-18-30(43)11-13-33(27)42)20-29-9-12-31(29)36(54-5)16-15-35(26)56-22-38(50)47(2)3/h10-11,13-16,18-19,21,26,29,31,35-36H,7-9,12,17,20,22-25H2,1-6H3,(H,45,46,51,52,53)/b16-15+/t26-,29+,31-,35+,36+,42+,58?/m1/s1. The molecule has 14 nitrogen and oxygen atoms in total. The summed E-state index contributed by atoms with van der Waals surface area (Å²) in [6.45, 7) is 3.33. The maximum absolute atomic E-state index is 15.0. The highest BCUT2D eigenvalue weighted by molar-refractivity contribution is 7.92. The maximum Gasteiger partial charge on any atom is 0.286 e. The monoisotopic (exact) mass is 836 g/mol. The second-order valence-electron chi connectivity index (χ2n) is 16.3. The van der Waals surface area contributed by atoms with E-state index in [-0.39, 0.29) is 58.6 Å². The fourth-order valence-electron chi connectivity index (χ4n) is 8.82. The molecule has 1 unspecified atom stereocenters. The van der Waals surface area contributed by atoms with Crippen LogP contribution in [0.5, 0.6) is 11.6 Å². The van der Waals surface area contributed by atoms with Gasteiger partial charge in [-0.3, -0.25) is 23.8 Å². The first-order chi connectivity index (χ1) is 27.7. The first-order valence-electron chi connectivity index (χ1n) is 19.7. The van der Waals surface area contributed by atoms with Gasteiger partial charge < -0.3 is 28.7 Å². The summed E-state index contributed by atoms with van der Waals surface area (Å²) in [5.74, 6) is -1.58. The van der Waals surface area contributed by atoms with Crippen molar-refractivity contribution in [1.29, 1.82) is 0 Å². The van der Waals surface area contributed by atoms with E-state index >= 15 is 4.21 Å². The normalized spacial score (nSPS) is 28.8. The van der Waals surface area contributed by atoms with Gasteiger partial charge in [-0.2, -0.15) is 0 Å². The van der Waals surface area contributed by atoms with Crippen molar-refractivity contribution in [3.05, 3.63) is 82.0 Å². The SMILES string of the molecule is COc1nn(C)cc1C(=O)NS1(=O)=NC(=O)c2ccc3c(c2)N(C[C@@H]2CC[C@H]2[C@@H](OC)/C=C/[C@H](OCC(=O)N(C)C)[C@H](C)C1)C[C@@]1(CCCc2cc(Cl)ccc21)CO3. The summed E-state index contributed by atoms with van der Waals surface area (Å²) >= 11 is 6.48. The minimum Gasteiger partial charge on any atom is -0.490 e. The van der Waals surface area contributed by atoms with Gasteiger partial charge in [-0.15, -0.1) is 9.46 Å². The van der Waals surface area contributed by atoms with Crippen LogP contribution in [0.1, 0.15) is 64.4 Å². The number of aryl methyl sites for hydroxylation is 2. The van der Waals surface area contributed by atoms with Crippen LogP contribution in [0.25, 0.3) is 0 Å². The molecular formula is C42H53ClN6O8S. The number of nitrogens with zero attached hydrogens (tertiary/aromatic N) is 5. The van der Waals surface area contributed by atoms with Crippen LogP contribution in [0.3, 0.4) is 0 Å². The Morgan fingerprint density at radius 1 is 1.12 bits per heavy atom. The van der Waals surface area contributed by atoms with E-state index in [4.69, 9.17) is 30.5 Å². The summed E-state index contributed by atoms with van der Waals surface area (Å²) in [5.41, 5.74) is 3.10. The van der Waals surface area contributed by atoms with Gasteiger partial charge in [-0.25, -0.2) is 4.21 Å². The molecule has 7 atom stereocenters. The molecule has 1 N–H and O–H groups in total. The van der Waals surface area contributed by atoms with E-state index in [1.54, 1.807) is 53.4 Å². The number of anilines is 1. The van der Waals surface area contributed by atoms with Gasteiger partial charge in [0.05, 0.1) is 37.4 Å². The van der Waals surface area contributed by atoms with Crippen molar-refractivity contribution in [2.75, 3.05) is 65.3 Å². The molecule has 3 aromatic rings. The summed E-state index contributed by atoms with van der Waals surface area (Å²) in [4.78, 5) is 44.6. The smallest absolute Gasteiger partial charge is 0.286 e. The highest BCUT2D eigenvalue weighted by Crippen LogP contribution is 2.47. The number of benzene rings is 2. The van der Waals surface area contributed by atoms with Crippen LogP contribution in [-0.4, -0.2) is 109 Å². The third-order valence-corrected chi connectivity index (χ3v) is 14.2. The van der Waals surface area contributed by atoms with Gasteiger partial charge >= 0.3 is 0 Å². The number of likely N-dealkylation sites (N-methyl/N-ethyl adjacent to an activating group) is 1. The Labute approximate surface area is 345 Å². The van der Waals surface area contributed by atoms with E-state index in [2.05, 4.69) is 31.2 Å². The molecule has 2 aromatic carbocycles. The molecule has 1 fully saturated rings. The minimum atomic E-state index is -3.86. The number of rotatable bonds is 7. The van der Waals surface area contributed by atoms with Gasteiger partial charge in [0.25, 0.3) is 11.8 Å². The number of carbonyl (C=O) groups excluding carboxylic acids is 3. The summed E-state index contributed by atoms with van der Waals surface area (Å²) in [5, 5.41) is 4.87. The molecule has 58 heavy (non-hydrogen) atoms. The van der Waals surface area contributed by atoms with Gasteiger partial charge in [0.2, 0.25) is 11.8 Å². The van der Waals surface area contributed by atoms with Crippen LogP contribution < -0.4 is 19.1 Å². The van der Waals surface area contributed by atoms with Crippen molar-refractivity contribution >= 4 is 44.9 Å². The number of hydrogen-bond acceptors (Lipinski definition) is 10. The van der Waals surface area contributed by atoms with Crippen LogP contribution in [0.4, 0.5) is 5.69 Å². The predicted octanol–water partition coefficient (Wildman–Crippen LogP) is 5.23. The lowest BCUT2D eigenvalue weighted by Gasteiger charge is -2.46. The lowest BCUT2D eigenvalue weighted by atomic mass is 9.68. The average Bonchev–Trinajstić information content (AvgIpc) is 3.50. The quantitative estimate of drug-likeness (QED) is 0.313. The van der Waals surface area contributed by atoms with Crippen molar-refractivity contribution in [2.45, 2.75) is 56.7 Å². The van der Waals surface area contributed by atoms with Crippen LogP contribution in [0, 0.1) is 17.8 Å². The van der Waals surface area contributed by atoms with Gasteiger partial charge in [0.1, 0.15) is 27.8 Å². The molecule has 7 rings (SSSR count). The number of hydrogen-bond donors (Lipinski definition) is 1. The minimum absolute atomic E-state index is 0.0223. The number of nitrogens with one attached hydrogen (secondary N) is 1. The zero-order valence-electron chi connectivity index (χ0n) is 33.9. The predicted molar refractivity (Wildman–Crippen MR) is 221 cm³/mol. The van der Waals surface area contributed by atoms with Crippen molar-refractivity contribution < 1.29 is 37.5 Å². The molecule has 2 bridgehead atoms. The topological polar surface area (TPSA) is 154 Å². The number of amides is 3. The molecule has 2 aliphatic carbocycles. The second kappa shape index (κ2) is 17.0. The van der Waals surface area contributed by atoms with E-state index < -0.39 is 33.8 Å². The number of halogens is 1. The largest absolute Gasteiger partial charge is 0.490 e. The molecule has 312 valence electrons. The highest BCUT2D eigenvalue weighted by atomic mass is 35.5. The van der Waals surface area contributed by atoms with Crippen LogP contribution in [-0.2, 0) is 43.1 Å². The number of ether oxygens (including phenoxy) is 4. The van der Waals surface area contributed by atoms with Crippen molar-refractivity contribution in [1.82, 2.24) is 19.4 Å². The summed E-state index contributed by atoms with van der Waals surface area (Å²) in [6.07, 6.45) is 9.01. The fraction of sp³-hybridized carbons (Fsp3) is 0.524. The molecule has 1 aromatic heterocycles. The summed E-state index contributed by atoms with van der Waals surface area (Å²) < 4.78 is 47.6. The molecule has 0 radical (unpaired) electrons. The molecule has 4 aliphatic rings. The van der Waals surface area contributed by atoms with Gasteiger partial charge in [0, 0.05) is 69.5 Å². The summed E-state index contributed by atoms with van der Waals surface area (Å²) in [6, 6.07) is 11.3. The number of aromatic nitrogens is 2. The lowest BCUT2D eigenvalue weighted by Crippen LogP contribution is -2.49. The number of fused-ring (bicyclic) bond motifs is 4. The molecule has 0 saturated heterocycles. The molecular weight excluding hydrogens is 784 g/mol. The van der Waals surface area contributed by atoms with Crippen LogP contribution in [0.2, 0.25) is 5.02 Å². The second-order valence-corrected chi connectivity index (χ2v) is 18.7. The molecule has 1 saturated carbocycles. The highest BCUT2D eigenvalue weighted by Gasteiger charge is 2.44. The molecule has 3 heterocycles. The Bertz CT molecular complexity index is 2220. The van der Waals surface area contributed by atoms with E-state index in [0.29, 0.717) is 30.5 Å². The Kier molecular flexibility index (Phi) is 12.3. The van der Waals surface area contributed by atoms with Gasteiger partial charge in [-0.1, -0.05) is 36.7 Å². The lowest BCUT2D eigenvalue weighted by molar-refractivity contribution is -0.135. The molecule has 16 heteroatoms. The fourth-order valence-corrected chi connectivity index (χ4v) is 10.9. The maximum atomic E-state index is 15.0. The van der Waals surface area contributed by atoms with Gasteiger partial charge in [0.15, 0.2) is 0 Å². The number of carbonyl (C=O) groups is 3. The first-order valence-corrected chi connectivity index (χ1v) is 21.8. The Balaban J connectivity index is 1.33. The third kappa shape index (κ3) is 8.63. The number of methoxy groups -OCH3 is 2. The summed E-state index contributed by atoms with van der Waals surface area (Å²) in [7, 11) is 4.11. The van der Waals surface area contributed by atoms with E-state index in [9.17, 15) is 14.4 Å². The Hall–Kier alpha value is -4.44. The van der Waals surface area contributed by atoms with Crippen molar-refractivity contribution in [2.24, 2.45) is 29.2 Å². The van der Waals surface area contributed by atoms with E-state index in [0.717, 1.165) is 37.8 Å². The molecule has 3 amide bonds. The van der Waals surface area contributed by atoms with Gasteiger partial charge in [-0.05, 0) is 85.4 Å². The first kappa shape index (κ1) is 41.7. The zero-order chi connectivity index (χ0) is 41.4.